The number of rotatable bonds is 6. The van der Waals surface area contributed by atoms with E-state index in [1.807, 2.05) is 0 Å². The molecule has 0 spiro atoms. The number of hydrogen-bond acceptors (Lipinski definition) is 8. The first-order chi connectivity index (χ1) is 10.7. The van der Waals surface area contributed by atoms with Crippen molar-refractivity contribution in [3.63, 3.8) is 0 Å². The standard InChI is InChI=1S/C13H14N2O6S2/c16-22(17,18)12-6-7-13(23(19,20)21)10(8-12)9-14-15-11-4-2-1-3-5-11/h1-8,14-15H,9H2,(H,16,17,18)(H,19,20,21)/p-2. The van der Waals surface area contributed by atoms with Crippen LogP contribution in [0.5, 0.6) is 0 Å². The number of nitrogens with one attached hydrogen (secondary N) is 2. The van der Waals surface area contributed by atoms with Crippen LogP contribution in [0.15, 0.2) is 58.3 Å². The zero-order valence-electron chi connectivity index (χ0n) is 11.6. The van der Waals surface area contributed by atoms with Gasteiger partial charge in [0.15, 0.2) is 0 Å². The third kappa shape index (κ3) is 4.74. The lowest BCUT2D eigenvalue weighted by molar-refractivity contribution is 0.457. The van der Waals surface area contributed by atoms with Gasteiger partial charge in [-0.2, -0.15) is 0 Å². The van der Waals surface area contributed by atoms with E-state index in [1.165, 1.54) is 0 Å². The third-order valence-corrected chi connectivity index (χ3v) is 4.64. The number of hydrazine groups is 1. The van der Waals surface area contributed by atoms with Crippen LogP contribution in [0.3, 0.4) is 0 Å². The first-order valence-corrected chi connectivity index (χ1v) is 9.08. The Hall–Kier alpha value is -1.98. The molecule has 2 aromatic rings. The fourth-order valence-corrected chi connectivity index (χ4v) is 3.06. The van der Waals surface area contributed by atoms with Crippen LogP contribution in [0.25, 0.3) is 0 Å². The van der Waals surface area contributed by atoms with E-state index in [4.69, 9.17) is 0 Å². The zero-order valence-corrected chi connectivity index (χ0v) is 13.2. The lowest BCUT2D eigenvalue weighted by Gasteiger charge is -2.17. The molecule has 0 heterocycles. The summed E-state index contributed by atoms with van der Waals surface area (Å²) in [5.41, 5.74) is 5.96. The van der Waals surface area contributed by atoms with E-state index in [0.29, 0.717) is 5.69 Å². The van der Waals surface area contributed by atoms with Crippen molar-refractivity contribution >= 4 is 25.9 Å². The second kappa shape index (κ2) is 6.64. The first-order valence-electron chi connectivity index (χ1n) is 6.26. The minimum atomic E-state index is -4.81. The summed E-state index contributed by atoms with van der Waals surface area (Å²) in [5.74, 6) is 0. The molecule has 0 saturated carbocycles. The Morgan fingerprint density at radius 1 is 0.870 bits per heavy atom. The molecule has 2 N–H and O–H groups in total. The Morgan fingerprint density at radius 2 is 1.52 bits per heavy atom. The van der Waals surface area contributed by atoms with Gasteiger partial charge in [-0.05, 0) is 35.9 Å². The molecule has 0 amide bonds. The minimum absolute atomic E-state index is 0.125. The molecule has 2 aromatic carbocycles. The maximum atomic E-state index is 11.2. The van der Waals surface area contributed by atoms with Crippen LogP contribution in [0, 0.1) is 0 Å². The molecule has 0 bridgehead atoms. The van der Waals surface area contributed by atoms with Crippen LogP contribution < -0.4 is 10.9 Å². The normalized spacial score (nSPS) is 12.1. The molecule has 8 nitrogen and oxygen atoms in total. The van der Waals surface area contributed by atoms with Gasteiger partial charge in [0.2, 0.25) is 0 Å². The van der Waals surface area contributed by atoms with Crippen LogP contribution in [-0.2, 0) is 26.8 Å². The highest BCUT2D eigenvalue weighted by Gasteiger charge is 2.12. The molecular weight excluding hydrogens is 344 g/mol. The fraction of sp³-hybridized carbons (Fsp3) is 0.0769. The van der Waals surface area contributed by atoms with Crippen molar-refractivity contribution < 1.29 is 25.9 Å². The molecule has 2 rings (SSSR count). The summed E-state index contributed by atoms with van der Waals surface area (Å²) in [7, 11) is -9.57. The van der Waals surface area contributed by atoms with E-state index < -0.39 is 30.0 Å². The lowest BCUT2D eigenvalue weighted by Crippen LogP contribution is -2.22. The van der Waals surface area contributed by atoms with Gasteiger partial charge in [-0.15, -0.1) is 0 Å². The van der Waals surface area contributed by atoms with Gasteiger partial charge < -0.3 is 14.5 Å². The van der Waals surface area contributed by atoms with Gasteiger partial charge in [0.1, 0.15) is 20.2 Å². The topological polar surface area (TPSA) is 138 Å². The molecule has 0 radical (unpaired) electrons. The molecule has 0 aromatic heterocycles. The monoisotopic (exact) mass is 356 g/mol. The van der Waals surface area contributed by atoms with E-state index in [2.05, 4.69) is 10.9 Å². The second-order valence-electron chi connectivity index (χ2n) is 4.52. The molecule has 0 unspecified atom stereocenters. The zero-order chi connectivity index (χ0) is 17.1. The average Bonchev–Trinajstić information content (AvgIpc) is 2.46. The van der Waals surface area contributed by atoms with E-state index in [0.717, 1.165) is 18.2 Å². The smallest absolute Gasteiger partial charge is 0.124 e. The Balaban J connectivity index is 2.27. The highest BCUT2D eigenvalue weighted by atomic mass is 32.2. The molecule has 0 atom stereocenters. The summed E-state index contributed by atoms with van der Waals surface area (Å²) in [6.45, 7) is -0.185. The summed E-state index contributed by atoms with van der Waals surface area (Å²) in [5, 5.41) is 0. The highest BCUT2D eigenvalue weighted by molar-refractivity contribution is 7.86. The average molecular weight is 356 g/mol. The van der Waals surface area contributed by atoms with Gasteiger partial charge in [-0.25, -0.2) is 22.3 Å². The van der Waals surface area contributed by atoms with Gasteiger partial charge >= 0.3 is 0 Å². The van der Waals surface area contributed by atoms with E-state index >= 15 is 0 Å². The number of para-hydroxylation sites is 1. The number of benzene rings is 2. The molecule has 0 aliphatic rings. The largest absolute Gasteiger partial charge is 0.744 e. The van der Waals surface area contributed by atoms with Gasteiger partial charge in [-0.1, -0.05) is 18.2 Å². The maximum Gasteiger partial charge on any atom is 0.124 e. The van der Waals surface area contributed by atoms with Crippen molar-refractivity contribution in [1.82, 2.24) is 5.43 Å². The molecule has 0 aliphatic heterocycles. The highest BCUT2D eigenvalue weighted by Crippen LogP contribution is 2.20. The molecule has 10 heteroatoms. The Bertz CT molecular complexity index is 895. The lowest BCUT2D eigenvalue weighted by atomic mass is 10.2. The molecule has 0 aliphatic carbocycles. The SMILES string of the molecule is O=S(=O)([O-])c1ccc(S(=O)(=O)[O-])c(CNNc2ccccc2)c1. The summed E-state index contributed by atoms with van der Waals surface area (Å²) in [4.78, 5) is -1.20. The maximum absolute atomic E-state index is 11.2. The minimum Gasteiger partial charge on any atom is -0.744 e. The second-order valence-corrected chi connectivity index (χ2v) is 7.25. The van der Waals surface area contributed by atoms with Crippen LogP contribution in [0.1, 0.15) is 5.56 Å². The van der Waals surface area contributed by atoms with Crippen LogP contribution in [0.2, 0.25) is 0 Å². The molecule has 0 saturated heterocycles. The van der Waals surface area contributed by atoms with Gasteiger partial charge in [-0.3, -0.25) is 0 Å². The van der Waals surface area contributed by atoms with Crippen molar-refractivity contribution in [2.75, 3.05) is 5.43 Å². The Kier molecular flexibility index (Phi) is 5.02. The van der Waals surface area contributed by atoms with Crippen LogP contribution in [-0.4, -0.2) is 25.9 Å². The van der Waals surface area contributed by atoms with Crippen molar-refractivity contribution in [2.24, 2.45) is 0 Å². The third-order valence-electron chi connectivity index (χ3n) is 2.88. The quantitative estimate of drug-likeness (QED) is 0.567. The van der Waals surface area contributed by atoms with Crippen LogP contribution in [0.4, 0.5) is 5.69 Å². The Labute approximate surface area is 133 Å². The van der Waals surface area contributed by atoms with Gasteiger partial charge in [0.25, 0.3) is 0 Å². The predicted octanol–water partition coefficient (Wildman–Crippen LogP) is 0.611. The van der Waals surface area contributed by atoms with Crippen molar-refractivity contribution in [3.8, 4) is 0 Å². The number of hydrogen-bond donors (Lipinski definition) is 2. The summed E-state index contributed by atoms with van der Waals surface area (Å²) in [6.07, 6.45) is 0. The van der Waals surface area contributed by atoms with Crippen molar-refractivity contribution in [2.45, 2.75) is 16.3 Å². The van der Waals surface area contributed by atoms with Crippen LogP contribution >= 0.6 is 0 Å². The summed E-state index contributed by atoms with van der Waals surface area (Å²) in [6, 6.07) is 11.3. The van der Waals surface area contributed by atoms with Gasteiger partial charge in [0.05, 0.1) is 9.79 Å². The molecular formula is C13H12N2O6S2-2. The van der Waals surface area contributed by atoms with E-state index in [-0.39, 0.29) is 12.1 Å². The van der Waals surface area contributed by atoms with E-state index in [9.17, 15) is 25.9 Å². The fourth-order valence-electron chi connectivity index (χ4n) is 1.86. The van der Waals surface area contributed by atoms with Crippen molar-refractivity contribution in [3.05, 3.63) is 54.1 Å². The van der Waals surface area contributed by atoms with E-state index in [1.54, 1.807) is 30.3 Å². The summed E-state index contributed by atoms with van der Waals surface area (Å²) < 4.78 is 66.7. The van der Waals surface area contributed by atoms with Gasteiger partial charge in [0, 0.05) is 12.2 Å². The van der Waals surface area contributed by atoms with Crippen molar-refractivity contribution in [1.29, 1.82) is 0 Å². The Morgan fingerprint density at radius 3 is 2.09 bits per heavy atom. The molecule has 23 heavy (non-hydrogen) atoms. The molecule has 0 fully saturated rings. The number of anilines is 1. The summed E-state index contributed by atoms with van der Waals surface area (Å²) >= 11 is 0. The first kappa shape index (κ1) is 17.4. The molecule has 124 valence electrons. The predicted molar refractivity (Wildman–Crippen MR) is 79.3 cm³/mol.